The Morgan fingerprint density at radius 2 is 1.56 bits per heavy atom. The molecule has 1 amide bonds. The SMILES string of the molecule is CC(C)(C)OC(=O)NCCCCNc1nc(NC[C@H]2CC[C@H](CNS(=O)(=O)c3ccccc3Br)CC2)nc2ccccc12. The molecule has 0 saturated heterocycles. The van der Waals surface area contributed by atoms with Gasteiger partial charge in [-0.05, 0) is 111 Å². The van der Waals surface area contributed by atoms with Gasteiger partial charge < -0.3 is 20.7 Å². The number of ether oxygens (including phenoxy) is 1. The molecule has 2 aromatic carbocycles. The largest absolute Gasteiger partial charge is 0.444 e. The molecule has 4 rings (SSSR count). The van der Waals surface area contributed by atoms with Crippen molar-refractivity contribution < 1.29 is 17.9 Å². The lowest BCUT2D eigenvalue weighted by molar-refractivity contribution is 0.0527. The number of halogens is 1. The van der Waals surface area contributed by atoms with Crippen LogP contribution in [0.5, 0.6) is 0 Å². The van der Waals surface area contributed by atoms with E-state index in [0.717, 1.165) is 61.8 Å². The summed E-state index contributed by atoms with van der Waals surface area (Å²) in [7, 11) is -3.55. The third-order valence-corrected chi connectivity index (χ3v) is 9.81. The minimum atomic E-state index is -3.55. The second-order valence-electron chi connectivity index (χ2n) is 12.0. The van der Waals surface area contributed by atoms with E-state index in [1.54, 1.807) is 24.3 Å². The Hall–Kier alpha value is -2.96. The van der Waals surface area contributed by atoms with Crippen molar-refractivity contribution in [2.75, 3.05) is 36.8 Å². The fourth-order valence-electron chi connectivity index (χ4n) is 5.10. The van der Waals surface area contributed by atoms with Crippen LogP contribution in [0.4, 0.5) is 16.6 Å². The first kappa shape index (κ1) is 32.9. The van der Waals surface area contributed by atoms with Gasteiger partial charge >= 0.3 is 6.09 Å². The molecule has 0 unspecified atom stereocenters. The summed E-state index contributed by atoms with van der Waals surface area (Å²) >= 11 is 3.34. The highest BCUT2D eigenvalue weighted by molar-refractivity contribution is 9.10. The zero-order valence-corrected chi connectivity index (χ0v) is 27.6. The molecule has 0 bridgehead atoms. The molecule has 1 aliphatic rings. The first-order chi connectivity index (χ1) is 20.5. The number of nitrogens with one attached hydrogen (secondary N) is 4. The predicted octanol–water partition coefficient (Wildman–Crippen LogP) is 6.31. The number of hydrogen-bond acceptors (Lipinski definition) is 8. The Morgan fingerprint density at radius 3 is 2.28 bits per heavy atom. The van der Waals surface area contributed by atoms with Crippen LogP contribution in [0.1, 0.15) is 59.3 Å². The maximum atomic E-state index is 12.7. The van der Waals surface area contributed by atoms with E-state index in [1.165, 1.54) is 0 Å². The molecule has 12 heteroatoms. The van der Waals surface area contributed by atoms with Crippen LogP contribution in [-0.2, 0) is 14.8 Å². The van der Waals surface area contributed by atoms with Crippen molar-refractivity contribution in [2.24, 2.45) is 11.8 Å². The standard InChI is InChI=1S/C31H43BrN6O4S/c1-31(2,3)42-30(39)34-19-9-8-18-33-28-24-10-4-6-12-26(24)37-29(38-28)35-20-22-14-16-23(17-15-22)21-36-43(40,41)27-13-7-5-11-25(27)32/h4-7,10-13,22-23,36H,8-9,14-21H2,1-3H3,(H,34,39)(H2,33,35,37,38)/t22-,23-. The molecular formula is C31H43BrN6O4S. The molecule has 4 N–H and O–H groups in total. The van der Waals surface area contributed by atoms with Gasteiger partial charge in [-0.3, -0.25) is 0 Å². The number of nitrogens with zero attached hydrogens (tertiary/aromatic N) is 2. The van der Waals surface area contributed by atoms with Gasteiger partial charge in [0.15, 0.2) is 0 Å². The van der Waals surface area contributed by atoms with Gasteiger partial charge in [-0.2, -0.15) is 4.98 Å². The third-order valence-electron chi connectivity index (χ3n) is 7.37. The lowest BCUT2D eigenvalue weighted by atomic mass is 9.82. The lowest BCUT2D eigenvalue weighted by Gasteiger charge is -2.28. The lowest BCUT2D eigenvalue weighted by Crippen LogP contribution is -2.33. The van der Waals surface area contributed by atoms with Crippen molar-refractivity contribution in [2.45, 2.75) is 69.8 Å². The monoisotopic (exact) mass is 674 g/mol. The number of amides is 1. The molecule has 0 radical (unpaired) electrons. The average molecular weight is 676 g/mol. The van der Waals surface area contributed by atoms with Gasteiger partial charge in [0, 0.05) is 36.0 Å². The van der Waals surface area contributed by atoms with Gasteiger partial charge in [0.2, 0.25) is 16.0 Å². The Bertz CT molecular complexity index is 1470. The number of carbonyl (C=O) groups excluding carboxylic acids is 1. The Balaban J connectivity index is 1.22. The van der Waals surface area contributed by atoms with Crippen LogP contribution >= 0.6 is 15.9 Å². The first-order valence-corrected chi connectivity index (χ1v) is 17.2. The molecule has 1 heterocycles. The zero-order valence-electron chi connectivity index (χ0n) is 25.2. The molecule has 234 valence electrons. The van der Waals surface area contributed by atoms with Gasteiger partial charge in [0.25, 0.3) is 0 Å². The second kappa shape index (κ2) is 15.2. The number of sulfonamides is 1. The van der Waals surface area contributed by atoms with Crippen LogP contribution in [0.3, 0.4) is 0 Å². The van der Waals surface area contributed by atoms with Crippen molar-refractivity contribution in [3.63, 3.8) is 0 Å². The summed E-state index contributed by atoms with van der Waals surface area (Å²) in [6, 6.07) is 14.8. The van der Waals surface area contributed by atoms with E-state index in [1.807, 2.05) is 45.0 Å². The van der Waals surface area contributed by atoms with Crippen LogP contribution in [0.15, 0.2) is 57.9 Å². The van der Waals surface area contributed by atoms with E-state index in [2.05, 4.69) is 36.6 Å². The summed E-state index contributed by atoms with van der Waals surface area (Å²) in [5, 5.41) is 10.6. The van der Waals surface area contributed by atoms with Crippen LogP contribution in [0.2, 0.25) is 0 Å². The first-order valence-electron chi connectivity index (χ1n) is 15.0. The number of para-hydroxylation sites is 1. The number of unbranched alkanes of at least 4 members (excludes halogenated alkanes) is 1. The molecule has 1 aromatic heterocycles. The molecule has 1 saturated carbocycles. The summed E-state index contributed by atoms with van der Waals surface area (Å²) < 4.78 is 34.1. The number of carbonyl (C=O) groups is 1. The van der Waals surface area contributed by atoms with Gasteiger partial charge in [0.05, 0.1) is 10.4 Å². The van der Waals surface area contributed by atoms with Crippen molar-refractivity contribution in [3.8, 4) is 0 Å². The van der Waals surface area contributed by atoms with E-state index < -0.39 is 21.7 Å². The second-order valence-corrected chi connectivity index (χ2v) is 14.6. The summed E-state index contributed by atoms with van der Waals surface area (Å²) in [6.45, 7) is 8.02. The molecule has 10 nitrogen and oxygen atoms in total. The number of hydrogen-bond donors (Lipinski definition) is 4. The molecule has 1 aliphatic carbocycles. The smallest absolute Gasteiger partial charge is 0.407 e. The molecule has 3 aromatic rings. The van der Waals surface area contributed by atoms with E-state index in [9.17, 15) is 13.2 Å². The summed E-state index contributed by atoms with van der Waals surface area (Å²) in [5.41, 5.74) is 0.365. The maximum absolute atomic E-state index is 12.7. The van der Waals surface area contributed by atoms with Crippen molar-refractivity contribution >= 4 is 54.7 Å². The number of rotatable bonds is 13. The van der Waals surface area contributed by atoms with Crippen LogP contribution < -0.4 is 20.7 Å². The molecule has 43 heavy (non-hydrogen) atoms. The number of aromatic nitrogens is 2. The minimum Gasteiger partial charge on any atom is -0.444 e. The number of alkyl carbamates (subject to hydrolysis) is 1. The zero-order chi connectivity index (χ0) is 30.9. The quantitative estimate of drug-likeness (QED) is 0.155. The maximum Gasteiger partial charge on any atom is 0.407 e. The summed E-state index contributed by atoms with van der Waals surface area (Å²) in [4.78, 5) is 21.6. The molecule has 0 spiro atoms. The number of fused-ring (bicyclic) bond motifs is 1. The molecule has 1 fully saturated rings. The Morgan fingerprint density at radius 1 is 0.907 bits per heavy atom. The van der Waals surface area contributed by atoms with Gasteiger partial charge in [0.1, 0.15) is 11.4 Å². The number of anilines is 2. The molecule has 0 atom stereocenters. The summed E-state index contributed by atoms with van der Waals surface area (Å²) in [6.07, 6.45) is 5.26. The van der Waals surface area contributed by atoms with Crippen LogP contribution in [-0.4, -0.2) is 56.3 Å². The van der Waals surface area contributed by atoms with Crippen LogP contribution in [0.25, 0.3) is 10.9 Å². The Kier molecular flexibility index (Phi) is 11.6. The fraction of sp³-hybridized carbons (Fsp3) is 0.516. The van der Waals surface area contributed by atoms with E-state index in [-0.39, 0.29) is 4.90 Å². The minimum absolute atomic E-state index is 0.271. The van der Waals surface area contributed by atoms with Gasteiger partial charge in [-0.1, -0.05) is 24.3 Å². The molecular weight excluding hydrogens is 632 g/mol. The summed E-state index contributed by atoms with van der Waals surface area (Å²) in [5.74, 6) is 2.17. The highest BCUT2D eigenvalue weighted by Crippen LogP contribution is 2.30. The van der Waals surface area contributed by atoms with E-state index >= 15 is 0 Å². The predicted molar refractivity (Wildman–Crippen MR) is 175 cm³/mol. The van der Waals surface area contributed by atoms with Crippen molar-refractivity contribution in [1.29, 1.82) is 0 Å². The normalized spacial score (nSPS) is 17.4. The average Bonchev–Trinajstić information content (AvgIpc) is 2.96. The van der Waals surface area contributed by atoms with Crippen molar-refractivity contribution in [3.05, 3.63) is 53.0 Å². The third kappa shape index (κ3) is 10.3. The highest BCUT2D eigenvalue weighted by Gasteiger charge is 2.24. The van der Waals surface area contributed by atoms with Gasteiger partial charge in [-0.25, -0.2) is 22.9 Å². The highest BCUT2D eigenvalue weighted by atomic mass is 79.9. The topological polar surface area (TPSA) is 134 Å². The van der Waals surface area contributed by atoms with Crippen LogP contribution in [0, 0.1) is 11.8 Å². The Labute approximate surface area is 263 Å². The van der Waals surface area contributed by atoms with E-state index in [4.69, 9.17) is 14.7 Å². The molecule has 0 aliphatic heterocycles. The number of benzene rings is 2. The fourth-order valence-corrected chi connectivity index (χ4v) is 7.21. The van der Waals surface area contributed by atoms with E-state index in [0.29, 0.717) is 41.9 Å². The van der Waals surface area contributed by atoms with Gasteiger partial charge in [-0.15, -0.1) is 0 Å². The van der Waals surface area contributed by atoms with Crippen molar-refractivity contribution in [1.82, 2.24) is 20.0 Å².